The first kappa shape index (κ1) is 11.7. The maximum atomic E-state index is 12.2. The van der Waals surface area contributed by atoms with E-state index in [0.717, 1.165) is 5.69 Å². The summed E-state index contributed by atoms with van der Waals surface area (Å²) in [6, 6.07) is 18.5. The number of hydrogen-bond acceptors (Lipinski definition) is 2. The van der Waals surface area contributed by atoms with E-state index in [1.807, 2.05) is 48.5 Å². The molecule has 3 nitrogen and oxygen atoms in total. The van der Waals surface area contributed by atoms with Gasteiger partial charge in [0.25, 0.3) is 0 Å². The first-order chi connectivity index (χ1) is 8.16. The molecule has 1 N–H and O–H groups in total. The van der Waals surface area contributed by atoms with Gasteiger partial charge in [-0.2, -0.15) is 0 Å². The summed E-state index contributed by atoms with van der Waals surface area (Å²) in [7, 11) is -2.89. The van der Waals surface area contributed by atoms with Crippen LogP contribution in [0.25, 0.3) is 0 Å². The number of para-hydroxylation sites is 2. The molecule has 88 valence electrons. The summed E-state index contributed by atoms with van der Waals surface area (Å²) in [6.45, 7) is 1.56. The normalized spacial score (nSPS) is 13.7. The van der Waals surface area contributed by atoms with Crippen LogP contribution in [0.4, 0.5) is 5.69 Å². The van der Waals surface area contributed by atoms with Crippen LogP contribution in [0.2, 0.25) is 0 Å². The van der Waals surface area contributed by atoms with E-state index in [9.17, 15) is 4.57 Å². The number of rotatable bonds is 4. The highest BCUT2D eigenvalue weighted by atomic mass is 31.2. The molecule has 2 aromatic carbocycles. The van der Waals surface area contributed by atoms with Crippen molar-refractivity contribution in [3.8, 4) is 5.75 Å². The number of nitrogens with one attached hydrogen (secondary N) is 1. The molecule has 0 bridgehead atoms. The minimum atomic E-state index is -2.89. The lowest BCUT2D eigenvalue weighted by atomic mass is 10.3. The predicted octanol–water partition coefficient (Wildman–Crippen LogP) is 4.00. The lowest BCUT2D eigenvalue weighted by molar-refractivity contribution is 0.493. The van der Waals surface area contributed by atoms with Crippen molar-refractivity contribution in [3.63, 3.8) is 0 Å². The standard InChI is InChI=1S/C13H14NO2P/c1-17(15,14-12-8-4-2-5-9-12)16-13-10-6-3-7-11-13/h2-11H,1H3,(H,14,15). The zero-order valence-electron chi connectivity index (χ0n) is 9.54. The van der Waals surface area contributed by atoms with Gasteiger partial charge in [0, 0.05) is 12.4 Å². The van der Waals surface area contributed by atoms with Gasteiger partial charge in [-0.1, -0.05) is 36.4 Å². The lowest BCUT2D eigenvalue weighted by Gasteiger charge is -2.17. The van der Waals surface area contributed by atoms with E-state index in [1.54, 1.807) is 18.8 Å². The molecule has 2 rings (SSSR count). The minimum absolute atomic E-state index is 0.599. The van der Waals surface area contributed by atoms with Gasteiger partial charge in [0.2, 0.25) is 0 Å². The van der Waals surface area contributed by atoms with E-state index in [2.05, 4.69) is 5.09 Å². The van der Waals surface area contributed by atoms with Crippen molar-refractivity contribution < 1.29 is 9.09 Å². The Morgan fingerprint density at radius 3 is 2.06 bits per heavy atom. The summed E-state index contributed by atoms with van der Waals surface area (Å²) in [5.74, 6) is 0.599. The first-order valence-corrected chi connectivity index (χ1v) is 7.38. The molecule has 0 fully saturated rings. The third-order valence-corrected chi connectivity index (χ3v) is 3.35. The molecule has 0 aromatic heterocycles. The molecular formula is C13H14NO2P. The van der Waals surface area contributed by atoms with E-state index in [0.29, 0.717) is 5.75 Å². The monoisotopic (exact) mass is 247 g/mol. The third-order valence-electron chi connectivity index (χ3n) is 2.13. The van der Waals surface area contributed by atoms with Crippen LogP contribution in [0.5, 0.6) is 5.75 Å². The van der Waals surface area contributed by atoms with Crippen molar-refractivity contribution in [3.05, 3.63) is 60.7 Å². The van der Waals surface area contributed by atoms with Gasteiger partial charge in [-0.05, 0) is 24.3 Å². The number of hydrogen-bond donors (Lipinski definition) is 1. The molecule has 17 heavy (non-hydrogen) atoms. The van der Waals surface area contributed by atoms with Crippen LogP contribution in [0, 0.1) is 0 Å². The first-order valence-electron chi connectivity index (χ1n) is 5.31. The van der Waals surface area contributed by atoms with Crippen LogP contribution in [-0.2, 0) is 4.57 Å². The number of benzene rings is 2. The quantitative estimate of drug-likeness (QED) is 0.830. The summed E-state index contributed by atoms with van der Waals surface area (Å²) >= 11 is 0. The fraction of sp³-hybridized carbons (Fsp3) is 0.0769. The molecule has 0 heterocycles. The Morgan fingerprint density at radius 1 is 0.941 bits per heavy atom. The number of anilines is 1. The zero-order valence-corrected chi connectivity index (χ0v) is 10.4. The molecule has 0 aliphatic carbocycles. The van der Waals surface area contributed by atoms with Crippen molar-refractivity contribution >= 4 is 13.2 Å². The van der Waals surface area contributed by atoms with Crippen LogP contribution in [-0.4, -0.2) is 6.66 Å². The summed E-state index contributed by atoms with van der Waals surface area (Å²) in [5, 5.41) is 2.90. The van der Waals surface area contributed by atoms with E-state index < -0.39 is 7.52 Å². The average molecular weight is 247 g/mol. The summed E-state index contributed by atoms with van der Waals surface area (Å²) in [6.07, 6.45) is 0. The topological polar surface area (TPSA) is 38.3 Å². The van der Waals surface area contributed by atoms with E-state index in [4.69, 9.17) is 4.52 Å². The van der Waals surface area contributed by atoms with Gasteiger partial charge in [-0.3, -0.25) is 4.57 Å². The van der Waals surface area contributed by atoms with Gasteiger partial charge in [0.1, 0.15) is 5.75 Å². The van der Waals surface area contributed by atoms with Crippen LogP contribution < -0.4 is 9.61 Å². The van der Waals surface area contributed by atoms with Crippen LogP contribution in [0.3, 0.4) is 0 Å². The highest BCUT2D eigenvalue weighted by Gasteiger charge is 2.16. The van der Waals surface area contributed by atoms with Crippen LogP contribution in [0.15, 0.2) is 60.7 Å². The molecular weight excluding hydrogens is 233 g/mol. The SMILES string of the molecule is CP(=O)(Nc1ccccc1)Oc1ccccc1. The van der Waals surface area contributed by atoms with E-state index >= 15 is 0 Å². The Bertz CT molecular complexity index is 468. The Hall–Kier alpha value is -1.73. The predicted molar refractivity (Wildman–Crippen MR) is 70.7 cm³/mol. The third kappa shape index (κ3) is 3.65. The Morgan fingerprint density at radius 2 is 1.47 bits per heavy atom. The fourth-order valence-corrected chi connectivity index (χ4v) is 2.64. The molecule has 0 saturated heterocycles. The highest BCUT2D eigenvalue weighted by molar-refractivity contribution is 7.60. The van der Waals surface area contributed by atoms with Crippen LogP contribution >= 0.6 is 7.52 Å². The van der Waals surface area contributed by atoms with Gasteiger partial charge in [0.05, 0.1) is 0 Å². The summed E-state index contributed by atoms with van der Waals surface area (Å²) < 4.78 is 17.7. The largest absolute Gasteiger partial charge is 0.429 e. The van der Waals surface area contributed by atoms with Gasteiger partial charge >= 0.3 is 7.52 Å². The second-order valence-corrected chi connectivity index (χ2v) is 5.83. The van der Waals surface area contributed by atoms with Crippen molar-refractivity contribution in [1.82, 2.24) is 0 Å². The molecule has 0 aliphatic heterocycles. The lowest BCUT2D eigenvalue weighted by Crippen LogP contribution is -2.01. The average Bonchev–Trinajstić information content (AvgIpc) is 2.30. The van der Waals surface area contributed by atoms with Crippen molar-refractivity contribution in [1.29, 1.82) is 0 Å². The molecule has 2 aromatic rings. The molecule has 0 saturated carbocycles. The molecule has 4 heteroatoms. The summed E-state index contributed by atoms with van der Waals surface area (Å²) in [5.41, 5.74) is 0.786. The van der Waals surface area contributed by atoms with Gasteiger partial charge < -0.3 is 9.61 Å². The Balaban J connectivity index is 2.07. The molecule has 1 unspecified atom stereocenters. The molecule has 1 atom stereocenters. The van der Waals surface area contributed by atoms with Crippen molar-refractivity contribution in [2.75, 3.05) is 11.8 Å². The highest BCUT2D eigenvalue weighted by Crippen LogP contribution is 2.42. The molecule has 0 radical (unpaired) electrons. The molecule has 0 aliphatic rings. The van der Waals surface area contributed by atoms with Crippen LogP contribution in [0.1, 0.15) is 0 Å². The van der Waals surface area contributed by atoms with E-state index in [-0.39, 0.29) is 0 Å². The van der Waals surface area contributed by atoms with E-state index in [1.165, 1.54) is 0 Å². The second-order valence-electron chi connectivity index (χ2n) is 3.73. The van der Waals surface area contributed by atoms with Crippen molar-refractivity contribution in [2.45, 2.75) is 0 Å². The molecule has 0 spiro atoms. The van der Waals surface area contributed by atoms with Crippen molar-refractivity contribution in [2.24, 2.45) is 0 Å². The fourth-order valence-electron chi connectivity index (χ4n) is 1.45. The smallest absolute Gasteiger partial charge is 0.338 e. The van der Waals surface area contributed by atoms with Gasteiger partial charge in [-0.15, -0.1) is 0 Å². The zero-order chi connectivity index (χ0) is 12.1. The summed E-state index contributed by atoms with van der Waals surface area (Å²) in [4.78, 5) is 0. The Labute approximate surface area is 101 Å². The minimum Gasteiger partial charge on any atom is -0.429 e. The second kappa shape index (κ2) is 5.07. The Kier molecular flexibility index (Phi) is 3.50. The van der Waals surface area contributed by atoms with Gasteiger partial charge in [0.15, 0.2) is 0 Å². The maximum absolute atomic E-state index is 12.2. The molecule has 0 amide bonds. The maximum Gasteiger partial charge on any atom is 0.338 e. The van der Waals surface area contributed by atoms with Gasteiger partial charge in [-0.25, -0.2) is 0 Å².